The molecular formula is C13H18N4O. The van der Waals surface area contributed by atoms with Crippen LogP contribution in [-0.2, 0) is 17.7 Å². The number of nitrogens with zero attached hydrogens (tertiary/aromatic N) is 4. The number of hydrogen-bond donors (Lipinski definition) is 0. The van der Waals surface area contributed by atoms with Crippen molar-refractivity contribution in [2.45, 2.75) is 57.1 Å². The molecule has 0 aromatic carbocycles. The highest BCUT2D eigenvalue weighted by molar-refractivity contribution is 5.21. The summed E-state index contributed by atoms with van der Waals surface area (Å²) in [5.41, 5.74) is 2.07. The first kappa shape index (κ1) is 11.7. The Hall–Kier alpha value is -1.41. The molecule has 1 aliphatic heterocycles. The Morgan fingerprint density at radius 1 is 1.33 bits per heavy atom. The minimum atomic E-state index is 0.278. The lowest BCUT2D eigenvalue weighted by molar-refractivity contribution is 0.0919. The van der Waals surface area contributed by atoms with Crippen molar-refractivity contribution >= 4 is 0 Å². The van der Waals surface area contributed by atoms with Gasteiger partial charge in [-0.15, -0.1) is 5.10 Å². The first-order valence-electron chi connectivity index (χ1n) is 6.79. The van der Waals surface area contributed by atoms with Crippen molar-refractivity contribution in [3.63, 3.8) is 0 Å². The fourth-order valence-electron chi connectivity index (χ4n) is 2.80. The maximum absolute atomic E-state index is 8.86. The monoisotopic (exact) mass is 246 g/mol. The Morgan fingerprint density at radius 3 is 2.83 bits per heavy atom. The van der Waals surface area contributed by atoms with Crippen LogP contribution >= 0.6 is 0 Å². The van der Waals surface area contributed by atoms with Crippen LogP contribution in [0.25, 0.3) is 0 Å². The number of aromatic nitrogens is 3. The van der Waals surface area contributed by atoms with Crippen LogP contribution in [-0.4, -0.2) is 27.7 Å². The summed E-state index contributed by atoms with van der Waals surface area (Å²) in [7, 11) is 0. The third kappa shape index (κ3) is 2.13. The molecule has 1 atom stereocenters. The SMILES string of the molecule is N#CCc1nnn(CC2CCCO2)c1C1CCC1. The molecule has 1 aromatic rings. The molecule has 5 nitrogen and oxygen atoms in total. The second-order valence-electron chi connectivity index (χ2n) is 5.20. The highest BCUT2D eigenvalue weighted by atomic mass is 16.5. The Morgan fingerprint density at radius 2 is 2.22 bits per heavy atom. The van der Waals surface area contributed by atoms with Gasteiger partial charge in [-0.2, -0.15) is 5.26 Å². The molecule has 3 rings (SSSR count). The summed E-state index contributed by atoms with van der Waals surface area (Å²) < 4.78 is 7.65. The summed E-state index contributed by atoms with van der Waals surface area (Å²) in [5.74, 6) is 0.560. The fourth-order valence-corrected chi connectivity index (χ4v) is 2.80. The minimum absolute atomic E-state index is 0.278. The summed E-state index contributed by atoms with van der Waals surface area (Å²) in [6, 6.07) is 2.19. The van der Waals surface area contributed by atoms with Crippen molar-refractivity contribution in [1.82, 2.24) is 15.0 Å². The zero-order valence-corrected chi connectivity index (χ0v) is 10.5. The van der Waals surface area contributed by atoms with Gasteiger partial charge in [0.25, 0.3) is 0 Å². The quantitative estimate of drug-likeness (QED) is 0.812. The molecule has 18 heavy (non-hydrogen) atoms. The van der Waals surface area contributed by atoms with Crippen LogP contribution in [0.3, 0.4) is 0 Å². The molecule has 0 amide bonds. The van der Waals surface area contributed by atoms with E-state index in [0.717, 1.165) is 31.7 Å². The molecule has 2 aliphatic rings. The van der Waals surface area contributed by atoms with E-state index in [1.54, 1.807) is 0 Å². The van der Waals surface area contributed by atoms with Gasteiger partial charge in [0.2, 0.25) is 0 Å². The smallest absolute Gasteiger partial charge is 0.100 e. The lowest BCUT2D eigenvalue weighted by Crippen LogP contribution is -2.22. The lowest BCUT2D eigenvalue weighted by atomic mass is 9.81. The number of ether oxygens (including phenoxy) is 1. The molecule has 5 heteroatoms. The van der Waals surface area contributed by atoms with Gasteiger partial charge in [-0.05, 0) is 25.7 Å². The Kier molecular flexibility index (Phi) is 3.28. The van der Waals surface area contributed by atoms with Gasteiger partial charge in [-0.25, -0.2) is 4.68 Å². The van der Waals surface area contributed by atoms with Crippen molar-refractivity contribution in [1.29, 1.82) is 5.26 Å². The van der Waals surface area contributed by atoms with Gasteiger partial charge in [-0.3, -0.25) is 0 Å². The van der Waals surface area contributed by atoms with E-state index < -0.39 is 0 Å². The van der Waals surface area contributed by atoms with Gasteiger partial charge < -0.3 is 4.74 Å². The van der Waals surface area contributed by atoms with Crippen LogP contribution in [0.1, 0.15) is 49.4 Å². The molecule has 2 heterocycles. The van der Waals surface area contributed by atoms with Gasteiger partial charge in [0.05, 0.1) is 30.8 Å². The molecule has 0 spiro atoms. The zero-order valence-electron chi connectivity index (χ0n) is 10.5. The maximum Gasteiger partial charge on any atom is 0.100 e. The van der Waals surface area contributed by atoms with E-state index in [1.165, 1.54) is 25.0 Å². The van der Waals surface area contributed by atoms with Crippen molar-refractivity contribution in [2.24, 2.45) is 0 Å². The van der Waals surface area contributed by atoms with E-state index in [0.29, 0.717) is 12.3 Å². The average molecular weight is 246 g/mol. The molecule has 0 radical (unpaired) electrons. The zero-order chi connectivity index (χ0) is 12.4. The molecule has 1 saturated carbocycles. The summed E-state index contributed by atoms with van der Waals surface area (Å²) >= 11 is 0. The summed E-state index contributed by atoms with van der Waals surface area (Å²) in [4.78, 5) is 0. The van der Waals surface area contributed by atoms with Crippen molar-refractivity contribution < 1.29 is 4.74 Å². The average Bonchev–Trinajstić information content (AvgIpc) is 2.91. The summed E-state index contributed by atoms with van der Waals surface area (Å²) in [6.07, 6.45) is 6.59. The predicted molar refractivity (Wildman–Crippen MR) is 64.9 cm³/mol. The molecular weight excluding hydrogens is 228 g/mol. The van der Waals surface area contributed by atoms with E-state index in [1.807, 2.05) is 4.68 Å². The summed E-state index contributed by atoms with van der Waals surface area (Å²) in [5, 5.41) is 17.3. The number of rotatable bonds is 4. The molecule has 1 aliphatic carbocycles. The van der Waals surface area contributed by atoms with Gasteiger partial charge >= 0.3 is 0 Å². The van der Waals surface area contributed by atoms with E-state index in [4.69, 9.17) is 10.00 Å². The molecule has 1 saturated heterocycles. The van der Waals surface area contributed by atoms with Crippen LogP contribution in [0, 0.1) is 11.3 Å². The second kappa shape index (κ2) is 5.07. The number of nitriles is 1. The van der Waals surface area contributed by atoms with Crippen molar-refractivity contribution in [2.75, 3.05) is 6.61 Å². The third-order valence-electron chi connectivity index (χ3n) is 3.99. The van der Waals surface area contributed by atoms with Crippen LogP contribution < -0.4 is 0 Å². The van der Waals surface area contributed by atoms with E-state index in [9.17, 15) is 0 Å². The van der Waals surface area contributed by atoms with E-state index in [-0.39, 0.29) is 6.10 Å². The first-order chi connectivity index (χ1) is 8.88. The van der Waals surface area contributed by atoms with Crippen LogP contribution in [0.5, 0.6) is 0 Å². The second-order valence-corrected chi connectivity index (χ2v) is 5.20. The Labute approximate surface area is 107 Å². The standard InChI is InChI=1S/C13H18N4O/c14-7-6-12-13(10-3-1-4-10)17(16-15-12)9-11-5-2-8-18-11/h10-11H,1-6,8-9H2. The molecule has 0 N–H and O–H groups in total. The van der Waals surface area contributed by atoms with Crippen LogP contribution in [0.15, 0.2) is 0 Å². The molecule has 2 fully saturated rings. The van der Waals surface area contributed by atoms with E-state index in [2.05, 4.69) is 16.4 Å². The highest BCUT2D eigenvalue weighted by Crippen LogP contribution is 2.37. The fraction of sp³-hybridized carbons (Fsp3) is 0.769. The lowest BCUT2D eigenvalue weighted by Gasteiger charge is -2.27. The van der Waals surface area contributed by atoms with Gasteiger partial charge in [0.15, 0.2) is 0 Å². The van der Waals surface area contributed by atoms with Gasteiger partial charge in [-0.1, -0.05) is 11.6 Å². The van der Waals surface area contributed by atoms with E-state index >= 15 is 0 Å². The normalized spacial score (nSPS) is 23.8. The van der Waals surface area contributed by atoms with Gasteiger partial charge in [0, 0.05) is 12.5 Å². The molecule has 96 valence electrons. The summed E-state index contributed by atoms with van der Waals surface area (Å²) in [6.45, 7) is 1.66. The van der Waals surface area contributed by atoms with Gasteiger partial charge in [0.1, 0.15) is 5.69 Å². The Bertz CT molecular complexity index is 452. The first-order valence-corrected chi connectivity index (χ1v) is 6.79. The number of hydrogen-bond acceptors (Lipinski definition) is 4. The van der Waals surface area contributed by atoms with Crippen molar-refractivity contribution in [3.8, 4) is 6.07 Å². The van der Waals surface area contributed by atoms with Crippen LogP contribution in [0.2, 0.25) is 0 Å². The maximum atomic E-state index is 8.86. The molecule has 1 aromatic heterocycles. The van der Waals surface area contributed by atoms with Crippen LogP contribution in [0.4, 0.5) is 0 Å². The molecule has 0 bridgehead atoms. The van der Waals surface area contributed by atoms with Crippen molar-refractivity contribution in [3.05, 3.63) is 11.4 Å². The predicted octanol–water partition coefficient (Wildman–Crippen LogP) is 1.79. The minimum Gasteiger partial charge on any atom is -0.376 e. The highest BCUT2D eigenvalue weighted by Gasteiger charge is 2.29. The molecule has 1 unspecified atom stereocenters. The Balaban J connectivity index is 1.81. The largest absolute Gasteiger partial charge is 0.376 e. The topological polar surface area (TPSA) is 63.7 Å². The third-order valence-corrected chi connectivity index (χ3v) is 3.99.